The van der Waals surface area contributed by atoms with E-state index < -0.39 is 21.8 Å². The maximum atomic E-state index is 12.9. The summed E-state index contributed by atoms with van der Waals surface area (Å²) in [4.78, 5) is 25.9. The SMILES string of the molecule is N=C(N)c1cccc(NC(=O)c2ccccc2NC(=O)c2ccc(-c3ccccc3S(N)(=O)=O)cc2)c1. The second-order valence-electron chi connectivity index (χ2n) is 8.07. The van der Waals surface area contributed by atoms with Crippen molar-refractivity contribution in [2.45, 2.75) is 4.90 Å². The van der Waals surface area contributed by atoms with Crippen molar-refractivity contribution in [2.24, 2.45) is 10.9 Å². The molecule has 0 fully saturated rings. The first kappa shape index (κ1) is 25.3. The van der Waals surface area contributed by atoms with Gasteiger partial charge in [-0.05, 0) is 48.0 Å². The van der Waals surface area contributed by atoms with E-state index in [1.807, 2.05) is 0 Å². The summed E-state index contributed by atoms with van der Waals surface area (Å²) >= 11 is 0. The van der Waals surface area contributed by atoms with Gasteiger partial charge in [-0.2, -0.15) is 0 Å². The fourth-order valence-corrected chi connectivity index (χ4v) is 4.46. The van der Waals surface area contributed by atoms with Gasteiger partial charge in [0.15, 0.2) is 0 Å². The highest BCUT2D eigenvalue weighted by Crippen LogP contribution is 2.27. The molecule has 0 bridgehead atoms. The van der Waals surface area contributed by atoms with Gasteiger partial charge in [-0.25, -0.2) is 13.6 Å². The molecule has 186 valence electrons. The molecule has 0 heterocycles. The van der Waals surface area contributed by atoms with Crippen LogP contribution in [0.2, 0.25) is 0 Å². The number of anilines is 2. The molecule has 0 aliphatic heterocycles. The molecular formula is C27H23N5O4S. The van der Waals surface area contributed by atoms with Crippen LogP contribution in [-0.2, 0) is 10.0 Å². The predicted molar refractivity (Wildman–Crippen MR) is 143 cm³/mol. The Balaban J connectivity index is 1.54. The molecule has 4 rings (SSSR count). The lowest BCUT2D eigenvalue weighted by atomic mass is 10.0. The first-order valence-corrected chi connectivity index (χ1v) is 12.6. The molecule has 0 saturated heterocycles. The third-order valence-corrected chi connectivity index (χ3v) is 6.47. The summed E-state index contributed by atoms with van der Waals surface area (Å²) in [6.07, 6.45) is 0. The Labute approximate surface area is 213 Å². The number of carbonyl (C=O) groups is 2. The molecule has 0 radical (unpaired) electrons. The van der Waals surface area contributed by atoms with Crippen LogP contribution in [0.15, 0.2) is 102 Å². The standard InChI is InChI=1S/C27H23N5O4S/c28-25(29)19-6-5-7-20(16-19)31-27(34)22-9-1-3-10-23(22)32-26(33)18-14-12-17(13-15-18)21-8-2-4-11-24(21)37(30,35)36/h1-16H,(H3,28,29)(H,31,34)(H,32,33)(H2,30,35,36). The number of sulfonamides is 1. The van der Waals surface area contributed by atoms with E-state index in [-0.39, 0.29) is 16.3 Å². The molecule has 4 aromatic carbocycles. The van der Waals surface area contributed by atoms with Gasteiger partial charge in [0.1, 0.15) is 5.84 Å². The summed E-state index contributed by atoms with van der Waals surface area (Å²) in [6.45, 7) is 0. The van der Waals surface area contributed by atoms with Gasteiger partial charge in [0.2, 0.25) is 10.0 Å². The van der Waals surface area contributed by atoms with Crippen molar-refractivity contribution >= 4 is 39.0 Å². The van der Waals surface area contributed by atoms with Crippen molar-refractivity contribution in [2.75, 3.05) is 10.6 Å². The Morgan fingerprint density at radius 1 is 0.730 bits per heavy atom. The third-order valence-electron chi connectivity index (χ3n) is 5.50. The van der Waals surface area contributed by atoms with Crippen molar-refractivity contribution in [3.05, 3.63) is 114 Å². The first-order chi connectivity index (χ1) is 17.6. The van der Waals surface area contributed by atoms with Crippen molar-refractivity contribution in [3.8, 4) is 11.1 Å². The second kappa shape index (κ2) is 10.4. The Morgan fingerprint density at radius 3 is 2.11 bits per heavy atom. The van der Waals surface area contributed by atoms with Crippen molar-refractivity contribution in [1.82, 2.24) is 0 Å². The molecule has 0 saturated carbocycles. The molecular weight excluding hydrogens is 490 g/mol. The third kappa shape index (κ3) is 5.89. The largest absolute Gasteiger partial charge is 0.384 e. The number of benzene rings is 4. The number of nitrogens with two attached hydrogens (primary N) is 2. The lowest BCUT2D eigenvalue weighted by Gasteiger charge is -2.13. The van der Waals surface area contributed by atoms with Crippen molar-refractivity contribution < 1.29 is 18.0 Å². The normalized spacial score (nSPS) is 10.9. The van der Waals surface area contributed by atoms with Crippen LogP contribution in [-0.4, -0.2) is 26.1 Å². The van der Waals surface area contributed by atoms with Gasteiger partial charge in [0, 0.05) is 22.4 Å². The van der Waals surface area contributed by atoms with Crippen LogP contribution >= 0.6 is 0 Å². The quantitative estimate of drug-likeness (QED) is 0.187. The topological polar surface area (TPSA) is 168 Å². The first-order valence-electron chi connectivity index (χ1n) is 11.0. The molecule has 7 N–H and O–H groups in total. The summed E-state index contributed by atoms with van der Waals surface area (Å²) in [5.41, 5.74) is 8.29. The zero-order valence-electron chi connectivity index (χ0n) is 19.4. The average molecular weight is 514 g/mol. The van der Waals surface area contributed by atoms with Gasteiger partial charge in [-0.1, -0.05) is 54.6 Å². The molecule has 0 unspecified atom stereocenters. The Hall–Kier alpha value is -4.80. The van der Waals surface area contributed by atoms with Gasteiger partial charge in [0.05, 0.1) is 16.1 Å². The van der Waals surface area contributed by atoms with Crippen molar-refractivity contribution in [3.63, 3.8) is 0 Å². The number of primary sulfonamides is 1. The molecule has 0 atom stereocenters. The van der Waals surface area contributed by atoms with Gasteiger partial charge >= 0.3 is 0 Å². The fourth-order valence-electron chi connectivity index (χ4n) is 3.70. The fraction of sp³-hybridized carbons (Fsp3) is 0. The van der Waals surface area contributed by atoms with Gasteiger partial charge in [-0.15, -0.1) is 0 Å². The van der Waals surface area contributed by atoms with E-state index in [4.69, 9.17) is 16.3 Å². The minimum atomic E-state index is -3.92. The molecule has 9 nitrogen and oxygen atoms in total. The maximum absolute atomic E-state index is 12.9. The lowest BCUT2D eigenvalue weighted by molar-refractivity contribution is 0.102. The van der Waals surface area contributed by atoms with Crippen LogP contribution in [0.1, 0.15) is 26.3 Å². The molecule has 37 heavy (non-hydrogen) atoms. The van der Waals surface area contributed by atoms with Gasteiger partial charge in [0.25, 0.3) is 11.8 Å². The predicted octanol–water partition coefficient (Wildman–Crippen LogP) is 3.79. The Kier molecular flexibility index (Phi) is 7.14. The van der Waals surface area contributed by atoms with Crippen LogP contribution in [0.4, 0.5) is 11.4 Å². The zero-order valence-corrected chi connectivity index (χ0v) is 20.3. The molecule has 0 aliphatic carbocycles. The Morgan fingerprint density at radius 2 is 1.41 bits per heavy atom. The van der Waals surface area contributed by atoms with E-state index >= 15 is 0 Å². The zero-order chi connectivity index (χ0) is 26.6. The van der Waals surface area contributed by atoms with Gasteiger partial charge in [-0.3, -0.25) is 15.0 Å². The van der Waals surface area contributed by atoms with E-state index in [0.29, 0.717) is 33.6 Å². The number of hydrogen-bond donors (Lipinski definition) is 5. The van der Waals surface area contributed by atoms with E-state index in [1.54, 1.807) is 91.0 Å². The minimum Gasteiger partial charge on any atom is -0.384 e. The number of hydrogen-bond acceptors (Lipinski definition) is 5. The molecule has 10 heteroatoms. The van der Waals surface area contributed by atoms with Crippen molar-refractivity contribution in [1.29, 1.82) is 5.41 Å². The van der Waals surface area contributed by atoms with Crippen LogP contribution in [0, 0.1) is 5.41 Å². The van der Waals surface area contributed by atoms with Gasteiger partial charge < -0.3 is 16.4 Å². The Bertz CT molecular complexity index is 1620. The number of nitrogens with one attached hydrogen (secondary N) is 3. The van der Waals surface area contributed by atoms with E-state index in [0.717, 1.165) is 0 Å². The number of rotatable bonds is 7. The van der Waals surface area contributed by atoms with E-state index in [1.165, 1.54) is 6.07 Å². The summed E-state index contributed by atoms with van der Waals surface area (Å²) in [7, 11) is -3.92. The molecule has 4 aromatic rings. The highest BCUT2D eigenvalue weighted by molar-refractivity contribution is 7.89. The average Bonchev–Trinajstić information content (AvgIpc) is 2.88. The minimum absolute atomic E-state index is 0.0130. The highest BCUT2D eigenvalue weighted by atomic mass is 32.2. The molecule has 0 aliphatic rings. The van der Waals surface area contributed by atoms with Crippen LogP contribution in [0.5, 0.6) is 0 Å². The summed E-state index contributed by atoms with van der Waals surface area (Å²) < 4.78 is 23.8. The highest BCUT2D eigenvalue weighted by Gasteiger charge is 2.17. The smallest absolute Gasteiger partial charge is 0.257 e. The maximum Gasteiger partial charge on any atom is 0.257 e. The van der Waals surface area contributed by atoms with Crippen LogP contribution < -0.4 is 21.5 Å². The monoisotopic (exact) mass is 513 g/mol. The van der Waals surface area contributed by atoms with E-state index in [2.05, 4.69) is 10.6 Å². The number of amides is 2. The number of nitrogen functional groups attached to an aromatic ring is 1. The molecule has 2 amide bonds. The van der Waals surface area contributed by atoms with E-state index in [9.17, 15) is 18.0 Å². The second-order valence-corrected chi connectivity index (χ2v) is 9.60. The number of para-hydroxylation sites is 1. The van der Waals surface area contributed by atoms with Crippen LogP contribution in [0.3, 0.4) is 0 Å². The van der Waals surface area contributed by atoms with Crippen LogP contribution in [0.25, 0.3) is 11.1 Å². The summed E-state index contributed by atoms with van der Waals surface area (Å²) in [5.74, 6) is -1.03. The molecule has 0 spiro atoms. The number of carbonyl (C=O) groups excluding carboxylic acids is 2. The summed E-state index contributed by atoms with van der Waals surface area (Å²) in [6, 6.07) is 25.8. The summed E-state index contributed by atoms with van der Waals surface area (Å²) in [5, 5.41) is 18.4. The number of amidine groups is 1. The lowest BCUT2D eigenvalue weighted by Crippen LogP contribution is -2.18. The molecule has 0 aromatic heterocycles.